The fourth-order valence-electron chi connectivity index (χ4n) is 7.73. The number of phenols is 1. The van der Waals surface area contributed by atoms with Gasteiger partial charge >= 0.3 is 0 Å². The minimum atomic E-state index is -2.20. The SMILES string of the molecule is C=Cc1ccc(N2C(=O)[C@H]3[C@H](CC=C4[C@H]3C[C@@]3(Cl)C(=O)N(c5ccc(F)cc5)C(=O)[C@@]3(Cl)[C@H]4c3cc(Br)cc(OC)c3O)C2=O)cc1. The van der Waals surface area contributed by atoms with Gasteiger partial charge in [0.25, 0.3) is 11.8 Å². The summed E-state index contributed by atoms with van der Waals surface area (Å²) in [6.45, 7) is 3.75. The number of hydrogen-bond acceptors (Lipinski definition) is 6. The Morgan fingerprint density at radius 3 is 2.23 bits per heavy atom. The highest BCUT2D eigenvalue weighted by molar-refractivity contribution is 9.10. The molecule has 3 aromatic carbocycles. The molecule has 2 saturated heterocycles. The lowest BCUT2D eigenvalue weighted by molar-refractivity contribution is -0.125. The first-order valence-electron chi connectivity index (χ1n) is 14.8. The monoisotopic (exact) mass is 738 g/mol. The number of carbonyl (C=O) groups is 4. The Labute approximate surface area is 287 Å². The second-order valence-electron chi connectivity index (χ2n) is 12.1. The van der Waals surface area contributed by atoms with E-state index in [1.54, 1.807) is 42.5 Å². The molecule has 2 heterocycles. The maximum Gasteiger partial charge on any atom is 0.258 e. The molecule has 0 bridgehead atoms. The van der Waals surface area contributed by atoms with E-state index in [4.69, 9.17) is 27.9 Å². The van der Waals surface area contributed by atoms with Gasteiger partial charge in [0.2, 0.25) is 11.8 Å². The predicted molar refractivity (Wildman–Crippen MR) is 178 cm³/mol. The van der Waals surface area contributed by atoms with E-state index >= 15 is 0 Å². The quantitative estimate of drug-likeness (QED) is 0.177. The number of allylic oxidation sites excluding steroid dienone is 2. The van der Waals surface area contributed by atoms with Crippen molar-refractivity contribution in [1.29, 1.82) is 0 Å². The number of alkyl halides is 2. The van der Waals surface area contributed by atoms with Crippen molar-refractivity contribution in [2.75, 3.05) is 16.9 Å². The largest absolute Gasteiger partial charge is 0.504 e. The summed E-state index contributed by atoms with van der Waals surface area (Å²) in [6.07, 6.45) is 3.32. The Bertz CT molecular complexity index is 1940. The van der Waals surface area contributed by atoms with Gasteiger partial charge in [-0.3, -0.25) is 24.1 Å². The molecule has 0 unspecified atom stereocenters. The summed E-state index contributed by atoms with van der Waals surface area (Å²) in [5.41, 5.74) is 1.90. The molecule has 3 aromatic rings. The van der Waals surface area contributed by atoms with Crippen molar-refractivity contribution in [3.05, 3.63) is 100 Å². The number of amides is 4. The summed E-state index contributed by atoms with van der Waals surface area (Å²) in [5.74, 6) is -7.16. The fraction of sp³-hybridized carbons (Fsp3) is 0.257. The third-order valence-corrected chi connectivity index (χ3v) is 11.8. The lowest BCUT2D eigenvalue weighted by Gasteiger charge is -2.50. The number of ether oxygens (including phenoxy) is 1. The van der Waals surface area contributed by atoms with Crippen LogP contribution >= 0.6 is 39.1 Å². The Kier molecular flexibility index (Phi) is 7.42. The Hall–Kier alpha value is -3.99. The van der Waals surface area contributed by atoms with E-state index in [0.717, 1.165) is 27.5 Å². The van der Waals surface area contributed by atoms with Crippen LogP contribution in [0.15, 0.2) is 83.4 Å². The van der Waals surface area contributed by atoms with Crippen LogP contribution in [0.2, 0.25) is 0 Å². The van der Waals surface area contributed by atoms with Crippen LogP contribution in [0, 0.1) is 23.6 Å². The van der Waals surface area contributed by atoms with Gasteiger partial charge in [0.1, 0.15) is 5.82 Å². The summed E-state index contributed by atoms with van der Waals surface area (Å²) in [6, 6.07) is 14.7. The van der Waals surface area contributed by atoms with Crippen molar-refractivity contribution in [2.24, 2.45) is 17.8 Å². The van der Waals surface area contributed by atoms with Crippen molar-refractivity contribution in [3.63, 3.8) is 0 Å². The zero-order valence-corrected chi connectivity index (χ0v) is 27.9. The molecular formula is C35H26BrCl2FN2O6. The van der Waals surface area contributed by atoms with E-state index in [1.165, 1.54) is 25.3 Å². The lowest BCUT2D eigenvalue weighted by atomic mass is 9.56. The zero-order chi connectivity index (χ0) is 33.6. The maximum absolute atomic E-state index is 14.5. The first kappa shape index (κ1) is 31.6. The number of imide groups is 2. The topological polar surface area (TPSA) is 104 Å². The van der Waals surface area contributed by atoms with Crippen LogP contribution in [0.25, 0.3) is 6.08 Å². The van der Waals surface area contributed by atoms with Gasteiger partial charge in [-0.2, -0.15) is 0 Å². The minimum absolute atomic E-state index is 0.0572. The summed E-state index contributed by atoms with van der Waals surface area (Å²) in [5, 5.41) is 11.5. The molecule has 7 rings (SSSR count). The number of rotatable bonds is 5. The molecule has 8 nitrogen and oxygen atoms in total. The van der Waals surface area contributed by atoms with Crippen LogP contribution in [0.1, 0.15) is 29.9 Å². The Balaban J connectivity index is 1.42. The molecule has 0 radical (unpaired) electrons. The molecule has 1 N–H and O–H groups in total. The summed E-state index contributed by atoms with van der Waals surface area (Å²) in [7, 11) is 1.36. The molecule has 2 aliphatic heterocycles. The Morgan fingerprint density at radius 1 is 0.957 bits per heavy atom. The van der Waals surface area contributed by atoms with Crippen molar-refractivity contribution >= 4 is 80.2 Å². The molecule has 0 aromatic heterocycles. The number of fused-ring (bicyclic) bond motifs is 4. The van der Waals surface area contributed by atoms with Gasteiger partial charge in [-0.25, -0.2) is 9.29 Å². The van der Waals surface area contributed by atoms with Gasteiger partial charge in [-0.05, 0) is 72.9 Å². The predicted octanol–water partition coefficient (Wildman–Crippen LogP) is 6.71. The standard InChI is InChI=1S/C35H26BrCl2FN2O6/c1-3-17-4-8-20(9-5-17)40-30(43)23-13-12-22-25(27(23)31(40)44)16-34(37)32(45)41(21-10-6-19(39)7-11-21)33(46)35(34,38)28(22)24-14-18(36)15-26(47-2)29(24)42/h3-12,14-15,23,25,27-28,42H,1,13,16H2,2H3/t23-,25+,27-,28+,34+,35-/m0/s1. The number of nitrogens with zero attached hydrogens (tertiary/aromatic N) is 2. The van der Waals surface area contributed by atoms with Gasteiger partial charge in [-0.15, -0.1) is 23.2 Å². The van der Waals surface area contributed by atoms with Crippen molar-refractivity contribution in [1.82, 2.24) is 0 Å². The Morgan fingerprint density at radius 2 is 1.60 bits per heavy atom. The van der Waals surface area contributed by atoms with Crippen LogP contribution < -0.4 is 14.5 Å². The van der Waals surface area contributed by atoms with Crippen molar-refractivity contribution in [3.8, 4) is 11.5 Å². The molecule has 4 aliphatic rings. The molecular weight excluding hydrogens is 714 g/mol. The molecule has 1 saturated carbocycles. The van der Waals surface area contributed by atoms with Gasteiger partial charge < -0.3 is 9.84 Å². The van der Waals surface area contributed by atoms with E-state index in [0.29, 0.717) is 15.7 Å². The highest BCUT2D eigenvalue weighted by Gasteiger charge is 2.77. The number of benzene rings is 3. The number of aromatic hydroxyl groups is 1. The number of methoxy groups -OCH3 is 1. The van der Waals surface area contributed by atoms with Gasteiger partial charge in [0, 0.05) is 16.0 Å². The smallest absolute Gasteiger partial charge is 0.258 e. The molecule has 240 valence electrons. The highest BCUT2D eigenvalue weighted by Crippen LogP contribution is 2.67. The van der Waals surface area contributed by atoms with Crippen molar-refractivity contribution < 1.29 is 33.4 Å². The van der Waals surface area contributed by atoms with E-state index in [1.807, 2.05) is 0 Å². The van der Waals surface area contributed by atoms with Crippen LogP contribution in [0.4, 0.5) is 15.8 Å². The zero-order valence-electron chi connectivity index (χ0n) is 24.8. The average Bonchev–Trinajstić information content (AvgIpc) is 3.40. The normalized spacial score (nSPS) is 29.8. The molecule has 3 fully saturated rings. The molecule has 0 spiro atoms. The number of anilines is 2. The van der Waals surface area contributed by atoms with Crippen molar-refractivity contribution in [2.45, 2.75) is 28.5 Å². The van der Waals surface area contributed by atoms with E-state index in [-0.39, 0.29) is 35.6 Å². The third-order valence-electron chi connectivity index (χ3n) is 9.88. The minimum Gasteiger partial charge on any atom is -0.504 e. The number of phenolic OH excluding ortho intramolecular Hbond substituents is 1. The lowest BCUT2D eigenvalue weighted by Crippen LogP contribution is -2.60. The second-order valence-corrected chi connectivity index (χ2v) is 14.3. The molecule has 47 heavy (non-hydrogen) atoms. The molecule has 2 aliphatic carbocycles. The van der Waals surface area contributed by atoms with Gasteiger partial charge in [0.05, 0.1) is 30.3 Å². The first-order valence-corrected chi connectivity index (χ1v) is 16.3. The van der Waals surface area contributed by atoms with Gasteiger partial charge in [0.15, 0.2) is 21.2 Å². The highest BCUT2D eigenvalue weighted by atomic mass is 79.9. The van der Waals surface area contributed by atoms with Crippen LogP contribution in [-0.4, -0.2) is 45.6 Å². The molecule has 6 atom stereocenters. The molecule has 12 heteroatoms. The van der Waals surface area contributed by atoms with Gasteiger partial charge in [-0.1, -0.05) is 52.4 Å². The van der Waals surface area contributed by atoms with Crippen LogP contribution in [-0.2, 0) is 19.2 Å². The summed E-state index contributed by atoms with van der Waals surface area (Å²) < 4.78 is 19.8. The number of hydrogen-bond donors (Lipinski definition) is 1. The number of carbonyl (C=O) groups excluding carboxylic acids is 4. The van der Waals surface area contributed by atoms with Crippen LogP contribution in [0.3, 0.4) is 0 Å². The molecule has 4 amide bonds. The summed E-state index contributed by atoms with van der Waals surface area (Å²) in [4.78, 5) is 54.7. The third kappa shape index (κ3) is 4.30. The second kappa shape index (κ2) is 11.0. The van der Waals surface area contributed by atoms with E-state index in [9.17, 15) is 28.7 Å². The fourth-order valence-corrected chi connectivity index (χ4v) is 9.11. The first-order chi connectivity index (χ1) is 22.4. The van der Waals surface area contributed by atoms with Crippen LogP contribution in [0.5, 0.6) is 11.5 Å². The number of halogens is 4. The maximum atomic E-state index is 14.5. The van der Waals surface area contributed by atoms with E-state index < -0.39 is 62.9 Å². The summed E-state index contributed by atoms with van der Waals surface area (Å²) >= 11 is 18.2. The van der Waals surface area contributed by atoms with E-state index in [2.05, 4.69) is 22.5 Å². The average molecular weight is 740 g/mol.